The van der Waals surface area contributed by atoms with Crippen LogP contribution in [0.1, 0.15) is 17.2 Å². The lowest BCUT2D eigenvalue weighted by Crippen LogP contribution is -2.20. The molecule has 4 rings (SSSR count). The summed E-state index contributed by atoms with van der Waals surface area (Å²) in [5.74, 6) is 0.146. The second-order valence-electron chi connectivity index (χ2n) is 5.59. The van der Waals surface area contributed by atoms with E-state index in [0.717, 1.165) is 5.56 Å². The summed E-state index contributed by atoms with van der Waals surface area (Å²) < 4.78 is 15.5. The van der Waals surface area contributed by atoms with Gasteiger partial charge in [-0.3, -0.25) is 0 Å². The van der Waals surface area contributed by atoms with Gasteiger partial charge in [0.05, 0.1) is 5.70 Å². The summed E-state index contributed by atoms with van der Waals surface area (Å²) >= 11 is 1.45. The maximum atomic E-state index is 13.7. The van der Waals surface area contributed by atoms with E-state index < -0.39 is 5.82 Å². The second kappa shape index (κ2) is 6.25. The number of halogens is 1. The van der Waals surface area contributed by atoms with Crippen molar-refractivity contribution in [1.29, 1.82) is 0 Å². The van der Waals surface area contributed by atoms with Crippen molar-refractivity contribution in [3.8, 4) is 5.75 Å². The van der Waals surface area contributed by atoms with Gasteiger partial charge in [-0.15, -0.1) is 5.10 Å². The lowest BCUT2D eigenvalue weighted by Gasteiger charge is -2.24. The average molecular weight is 354 g/mol. The molecule has 1 aliphatic rings. The highest BCUT2D eigenvalue weighted by Gasteiger charge is 2.26. The van der Waals surface area contributed by atoms with Crippen LogP contribution in [0.2, 0.25) is 0 Å². The zero-order valence-electron chi connectivity index (χ0n) is 13.3. The molecule has 2 N–H and O–H groups in total. The molecule has 0 radical (unpaired) electrons. The number of thioether (sulfide) groups is 1. The Labute approximate surface area is 148 Å². The minimum absolute atomic E-state index is 0.00465. The normalized spacial score (nSPS) is 16.1. The minimum Gasteiger partial charge on any atom is -0.507 e. The summed E-state index contributed by atoms with van der Waals surface area (Å²) in [6.45, 7) is 0. The highest BCUT2D eigenvalue weighted by molar-refractivity contribution is 7.98. The van der Waals surface area contributed by atoms with Crippen LogP contribution < -0.4 is 5.32 Å². The van der Waals surface area contributed by atoms with Gasteiger partial charge in [0.15, 0.2) is 0 Å². The van der Waals surface area contributed by atoms with Gasteiger partial charge in [0.25, 0.3) is 0 Å². The molecule has 0 saturated carbocycles. The van der Waals surface area contributed by atoms with E-state index in [2.05, 4.69) is 15.4 Å². The predicted molar refractivity (Wildman–Crippen MR) is 96.0 cm³/mol. The first-order valence-corrected chi connectivity index (χ1v) is 8.91. The molecule has 0 bridgehead atoms. The molecule has 0 amide bonds. The van der Waals surface area contributed by atoms with Crippen LogP contribution in [0.3, 0.4) is 0 Å². The van der Waals surface area contributed by atoms with Gasteiger partial charge < -0.3 is 10.4 Å². The summed E-state index contributed by atoms with van der Waals surface area (Å²) in [4.78, 5) is 4.46. The molecule has 0 saturated heterocycles. The van der Waals surface area contributed by atoms with E-state index in [0.29, 0.717) is 22.4 Å². The molecule has 7 heteroatoms. The molecule has 5 nitrogen and oxygen atoms in total. The number of allylic oxidation sites excluding steroid dienone is 1. The Kier molecular flexibility index (Phi) is 3.93. The first-order valence-electron chi connectivity index (χ1n) is 7.69. The van der Waals surface area contributed by atoms with Crippen molar-refractivity contribution >= 4 is 23.4 Å². The average Bonchev–Trinajstić information content (AvgIpc) is 3.07. The van der Waals surface area contributed by atoms with Crippen LogP contribution in [-0.4, -0.2) is 26.1 Å². The van der Waals surface area contributed by atoms with E-state index in [1.54, 1.807) is 4.68 Å². The topological polar surface area (TPSA) is 63.0 Å². The van der Waals surface area contributed by atoms with Crippen LogP contribution in [0.25, 0.3) is 5.70 Å². The number of rotatable bonds is 3. The van der Waals surface area contributed by atoms with E-state index in [1.165, 1.54) is 30.0 Å². The first-order chi connectivity index (χ1) is 12.2. The Morgan fingerprint density at radius 3 is 2.76 bits per heavy atom. The van der Waals surface area contributed by atoms with E-state index in [9.17, 15) is 9.50 Å². The predicted octanol–water partition coefficient (Wildman–Crippen LogP) is 3.90. The molecule has 2 heterocycles. The molecule has 3 aromatic rings. The molecule has 1 aliphatic heterocycles. The van der Waals surface area contributed by atoms with E-state index in [1.807, 2.05) is 42.7 Å². The molecule has 1 aromatic heterocycles. The van der Waals surface area contributed by atoms with Crippen molar-refractivity contribution in [3.05, 3.63) is 71.6 Å². The largest absolute Gasteiger partial charge is 0.507 e. The van der Waals surface area contributed by atoms with Gasteiger partial charge in [-0.25, -0.2) is 9.07 Å². The summed E-state index contributed by atoms with van der Waals surface area (Å²) in [6.07, 6.45) is 3.82. The van der Waals surface area contributed by atoms with Crippen molar-refractivity contribution in [2.75, 3.05) is 11.6 Å². The van der Waals surface area contributed by atoms with Crippen LogP contribution in [-0.2, 0) is 0 Å². The molecule has 2 aromatic carbocycles. The highest BCUT2D eigenvalue weighted by atomic mass is 32.2. The third kappa shape index (κ3) is 2.87. The fourth-order valence-corrected chi connectivity index (χ4v) is 3.18. The van der Waals surface area contributed by atoms with Crippen molar-refractivity contribution in [2.24, 2.45) is 0 Å². The summed E-state index contributed by atoms with van der Waals surface area (Å²) in [5, 5.41) is 18.5. The maximum Gasteiger partial charge on any atom is 0.227 e. The Hall–Kier alpha value is -2.80. The number of hydrogen-bond donors (Lipinski definition) is 2. The number of hydrogen-bond acceptors (Lipinski definition) is 5. The molecular formula is C18H15FN4OS. The highest BCUT2D eigenvalue weighted by Crippen LogP contribution is 2.36. The van der Waals surface area contributed by atoms with Crippen LogP contribution in [0.4, 0.5) is 10.3 Å². The maximum absolute atomic E-state index is 13.7. The number of nitrogens with one attached hydrogen (secondary N) is 1. The summed E-state index contributed by atoms with van der Waals surface area (Å²) in [6, 6.07) is 13.5. The minimum atomic E-state index is -0.413. The zero-order valence-corrected chi connectivity index (χ0v) is 14.2. The number of benzene rings is 2. The lowest BCUT2D eigenvalue weighted by atomic mass is 10.0. The van der Waals surface area contributed by atoms with Gasteiger partial charge in [-0.05, 0) is 36.1 Å². The molecule has 1 unspecified atom stereocenters. The monoisotopic (exact) mass is 354 g/mol. The number of phenols is 1. The fourth-order valence-electron chi connectivity index (χ4n) is 2.83. The number of aromatic hydroxyl groups is 1. The molecule has 25 heavy (non-hydrogen) atoms. The molecule has 0 fully saturated rings. The number of aromatic nitrogens is 3. The number of anilines is 1. The van der Waals surface area contributed by atoms with Gasteiger partial charge in [0.2, 0.25) is 11.1 Å². The van der Waals surface area contributed by atoms with Crippen LogP contribution in [0, 0.1) is 5.82 Å². The molecule has 0 aliphatic carbocycles. The van der Waals surface area contributed by atoms with E-state index >= 15 is 0 Å². The van der Waals surface area contributed by atoms with Crippen molar-refractivity contribution in [3.63, 3.8) is 0 Å². The Morgan fingerprint density at radius 1 is 1.20 bits per heavy atom. The quantitative estimate of drug-likeness (QED) is 0.699. The summed E-state index contributed by atoms with van der Waals surface area (Å²) in [7, 11) is 0. The number of phenolic OH excluding ortho intramolecular Hbond substituents is 1. The van der Waals surface area contributed by atoms with Gasteiger partial charge in [-0.1, -0.05) is 42.1 Å². The van der Waals surface area contributed by atoms with Crippen LogP contribution in [0.15, 0.2) is 59.8 Å². The Bertz CT molecular complexity index is 955. The van der Waals surface area contributed by atoms with E-state index in [4.69, 9.17) is 0 Å². The van der Waals surface area contributed by atoms with Crippen molar-refractivity contribution < 1.29 is 9.50 Å². The van der Waals surface area contributed by atoms with Gasteiger partial charge in [-0.2, -0.15) is 4.98 Å². The van der Waals surface area contributed by atoms with Crippen molar-refractivity contribution in [1.82, 2.24) is 14.8 Å². The third-order valence-electron chi connectivity index (χ3n) is 4.02. The number of fused-ring (bicyclic) bond motifs is 1. The fraction of sp³-hybridized carbons (Fsp3) is 0.111. The second-order valence-corrected chi connectivity index (χ2v) is 6.36. The number of nitrogens with zero attached hydrogens (tertiary/aromatic N) is 3. The van der Waals surface area contributed by atoms with Crippen LogP contribution in [0.5, 0.6) is 5.75 Å². The summed E-state index contributed by atoms with van der Waals surface area (Å²) in [5.41, 5.74) is 2.01. The Balaban J connectivity index is 1.86. The Morgan fingerprint density at radius 2 is 2.00 bits per heavy atom. The standard InChI is InChI=1S/C18H15FN4OS/c1-25-18-21-17-20-14(13-9-12(19)7-8-16(13)24)10-15(23(17)22-18)11-5-3-2-4-6-11/h2-10,15,24H,1H3,(H,20,21,22). The lowest BCUT2D eigenvalue weighted by molar-refractivity contribution is 0.471. The first kappa shape index (κ1) is 15.7. The SMILES string of the molecule is CSc1nc2n(n1)C(c1ccccc1)C=C(c1cc(F)ccc1O)N2. The zero-order chi connectivity index (χ0) is 17.4. The molecule has 0 spiro atoms. The molecule has 126 valence electrons. The van der Waals surface area contributed by atoms with Crippen LogP contribution >= 0.6 is 11.8 Å². The smallest absolute Gasteiger partial charge is 0.227 e. The molecular weight excluding hydrogens is 339 g/mol. The van der Waals surface area contributed by atoms with Gasteiger partial charge >= 0.3 is 0 Å². The van der Waals surface area contributed by atoms with Gasteiger partial charge in [0, 0.05) is 5.56 Å². The molecule has 1 atom stereocenters. The van der Waals surface area contributed by atoms with Crippen molar-refractivity contribution in [2.45, 2.75) is 11.2 Å². The van der Waals surface area contributed by atoms with E-state index in [-0.39, 0.29) is 11.8 Å². The van der Waals surface area contributed by atoms with Gasteiger partial charge in [0.1, 0.15) is 17.6 Å². The third-order valence-corrected chi connectivity index (χ3v) is 4.56.